The first-order valence-corrected chi connectivity index (χ1v) is 11.6. The van der Waals surface area contributed by atoms with Crippen LogP contribution < -0.4 is 0 Å². The minimum atomic E-state index is -0.216. The van der Waals surface area contributed by atoms with Gasteiger partial charge in [-0.15, -0.1) is 6.58 Å². The van der Waals surface area contributed by atoms with Crippen LogP contribution in [-0.2, 0) is 9.47 Å². The Hall–Kier alpha value is -1.61. The standard InChI is InChI=1S/C27H38O3/c1-7-25(4)16-13-21-26(5)17-15-22(29-23(28)19-11-9-8-10-12-19)24(2,3)20(26)14-18-27(21,6)30-25/h7-12,20-22H,1,13-18H2,2-6H3/t20?,21-,22+,25-,26+,27-/m0/s1. The lowest BCUT2D eigenvalue weighted by Crippen LogP contribution is -2.64. The Balaban J connectivity index is 1.56. The molecule has 1 aromatic carbocycles. The summed E-state index contributed by atoms with van der Waals surface area (Å²) in [5.74, 6) is 0.851. The van der Waals surface area contributed by atoms with Gasteiger partial charge in [-0.25, -0.2) is 4.79 Å². The zero-order valence-electron chi connectivity index (χ0n) is 19.4. The van der Waals surface area contributed by atoms with Gasteiger partial charge in [0.1, 0.15) is 6.10 Å². The Kier molecular flexibility index (Phi) is 5.20. The molecule has 1 heterocycles. The van der Waals surface area contributed by atoms with Crippen molar-refractivity contribution in [2.75, 3.05) is 0 Å². The lowest BCUT2D eigenvalue weighted by atomic mass is 9.44. The molecule has 0 bridgehead atoms. The summed E-state index contributed by atoms with van der Waals surface area (Å²) in [7, 11) is 0. The van der Waals surface area contributed by atoms with E-state index in [-0.39, 0.29) is 34.1 Å². The van der Waals surface area contributed by atoms with Crippen LogP contribution >= 0.6 is 0 Å². The SMILES string of the molecule is C=C[C@@]1(C)CC[C@@H]2[C@](C)(CCC3C(C)(C)[C@H](OC(=O)c4ccccc4)CC[C@]32C)O1. The van der Waals surface area contributed by atoms with E-state index in [1.54, 1.807) is 0 Å². The molecule has 6 atom stereocenters. The Morgan fingerprint density at radius 2 is 1.67 bits per heavy atom. The number of carbonyl (C=O) groups excluding carboxylic acids is 1. The molecule has 0 N–H and O–H groups in total. The van der Waals surface area contributed by atoms with Crippen molar-refractivity contribution < 1.29 is 14.3 Å². The van der Waals surface area contributed by atoms with Gasteiger partial charge in [0.15, 0.2) is 0 Å². The van der Waals surface area contributed by atoms with Crippen molar-refractivity contribution in [3.05, 3.63) is 48.6 Å². The van der Waals surface area contributed by atoms with E-state index in [4.69, 9.17) is 9.47 Å². The maximum atomic E-state index is 12.8. The zero-order valence-corrected chi connectivity index (χ0v) is 19.4. The molecule has 0 aromatic heterocycles. The predicted octanol–water partition coefficient (Wildman–Crippen LogP) is 6.58. The number of hydrogen-bond acceptors (Lipinski definition) is 3. The Morgan fingerprint density at radius 3 is 2.33 bits per heavy atom. The third-order valence-electron chi connectivity index (χ3n) is 9.02. The zero-order chi connectivity index (χ0) is 21.8. The topological polar surface area (TPSA) is 35.5 Å². The number of benzene rings is 1. The molecule has 3 aliphatic rings. The molecular formula is C27H38O3. The molecule has 3 fully saturated rings. The lowest BCUT2D eigenvalue weighted by Gasteiger charge is -2.66. The highest BCUT2D eigenvalue weighted by Crippen LogP contribution is 2.66. The van der Waals surface area contributed by atoms with E-state index in [0.717, 1.165) is 32.1 Å². The maximum absolute atomic E-state index is 12.8. The fourth-order valence-electron chi connectivity index (χ4n) is 7.38. The number of hydrogen-bond donors (Lipinski definition) is 0. The molecule has 0 amide bonds. The summed E-state index contributed by atoms with van der Waals surface area (Å²) in [4.78, 5) is 12.8. The second kappa shape index (κ2) is 7.22. The lowest BCUT2D eigenvalue weighted by molar-refractivity contribution is -0.262. The van der Waals surface area contributed by atoms with Crippen LogP contribution in [0.15, 0.2) is 43.0 Å². The number of ether oxygens (including phenoxy) is 2. The van der Waals surface area contributed by atoms with E-state index in [0.29, 0.717) is 17.4 Å². The van der Waals surface area contributed by atoms with Gasteiger partial charge in [0.2, 0.25) is 0 Å². The van der Waals surface area contributed by atoms with Gasteiger partial charge in [0.05, 0.1) is 16.8 Å². The molecule has 0 radical (unpaired) electrons. The van der Waals surface area contributed by atoms with Crippen LogP contribution in [-0.4, -0.2) is 23.3 Å². The maximum Gasteiger partial charge on any atom is 0.338 e. The van der Waals surface area contributed by atoms with Crippen LogP contribution in [0.4, 0.5) is 0 Å². The number of esters is 1. The average Bonchev–Trinajstić information content (AvgIpc) is 2.70. The largest absolute Gasteiger partial charge is 0.458 e. The molecule has 3 heteroatoms. The van der Waals surface area contributed by atoms with E-state index in [9.17, 15) is 4.79 Å². The van der Waals surface area contributed by atoms with Crippen molar-refractivity contribution in [2.45, 2.75) is 90.4 Å². The van der Waals surface area contributed by atoms with Gasteiger partial charge >= 0.3 is 5.97 Å². The number of fused-ring (bicyclic) bond motifs is 3. The van der Waals surface area contributed by atoms with E-state index in [1.165, 1.54) is 6.42 Å². The van der Waals surface area contributed by atoms with Gasteiger partial charge in [0, 0.05) is 5.41 Å². The van der Waals surface area contributed by atoms with Crippen LogP contribution in [0.5, 0.6) is 0 Å². The minimum Gasteiger partial charge on any atom is -0.458 e. The van der Waals surface area contributed by atoms with E-state index >= 15 is 0 Å². The number of rotatable bonds is 3. The van der Waals surface area contributed by atoms with Crippen LogP contribution in [0.3, 0.4) is 0 Å². The Labute approximate surface area is 182 Å². The summed E-state index contributed by atoms with van der Waals surface area (Å²) < 4.78 is 12.9. The predicted molar refractivity (Wildman–Crippen MR) is 120 cm³/mol. The second-order valence-electron chi connectivity index (χ2n) is 11.2. The van der Waals surface area contributed by atoms with Crippen LogP contribution in [0.25, 0.3) is 0 Å². The van der Waals surface area contributed by atoms with Crippen molar-refractivity contribution in [3.63, 3.8) is 0 Å². The van der Waals surface area contributed by atoms with Crippen molar-refractivity contribution in [1.82, 2.24) is 0 Å². The molecular weight excluding hydrogens is 372 g/mol. The molecule has 2 aliphatic carbocycles. The van der Waals surface area contributed by atoms with Crippen molar-refractivity contribution in [2.24, 2.45) is 22.7 Å². The highest BCUT2D eigenvalue weighted by Gasteiger charge is 2.63. The third kappa shape index (κ3) is 3.34. The highest BCUT2D eigenvalue weighted by molar-refractivity contribution is 5.89. The van der Waals surface area contributed by atoms with E-state index < -0.39 is 0 Å². The average molecular weight is 411 g/mol. The van der Waals surface area contributed by atoms with Crippen LogP contribution in [0.1, 0.15) is 83.5 Å². The monoisotopic (exact) mass is 410 g/mol. The molecule has 1 saturated heterocycles. The van der Waals surface area contributed by atoms with Crippen molar-refractivity contribution in [3.8, 4) is 0 Å². The second-order valence-corrected chi connectivity index (χ2v) is 11.2. The molecule has 4 rings (SSSR count). The van der Waals surface area contributed by atoms with E-state index in [1.807, 2.05) is 36.4 Å². The molecule has 2 saturated carbocycles. The molecule has 30 heavy (non-hydrogen) atoms. The first-order valence-electron chi connectivity index (χ1n) is 11.6. The summed E-state index contributed by atoms with van der Waals surface area (Å²) in [5, 5.41) is 0. The van der Waals surface area contributed by atoms with Gasteiger partial charge in [-0.3, -0.25) is 0 Å². The van der Waals surface area contributed by atoms with Gasteiger partial charge < -0.3 is 9.47 Å². The summed E-state index contributed by atoms with van der Waals surface area (Å²) in [6.07, 6.45) is 8.34. The fraction of sp³-hybridized carbons (Fsp3) is 0.667. The number of carbonyl (C=O) groups is 1. The van der Waals surface area contributed by atoms with Gasteiger partial charge in [-0.1, -0.05) is 45.0 Å². The normalized spacial score (nSPS) is 42.5. The summed E-state index contributed by atoms with van der Waals surface area (Å²) in [6.45, 7) is 15.7. The Bertz CT molecular complexity index is 815. The molecule has 1 aromatic rings. The summed E-state index contributed by atoms with van der Waals surface area (Å²) in [6, 6.07) is 9.38. The van der Waals surface area contributed by atoms with Crippen LogP contribution in [0.2, 0.25) is 0 Å². The molecule has 164 valence electrons. The molecule has 1 unspecified atom stereocenters. The third-order valence-corrected chi connectivity index (χ3v) is 9.02. The first kappa shape index (κ1) is 21.6. The Morgan fingerprint density at radius 1 is 1.00 bits per heavy atom. The summed E-state index contributed by atoms with van der Waals surface area (Å²) >= 11 is 0. The minimum absolute atomic E-state index is 0.0458. The van der Waals surface area contributed by atoms with Crippen molar-refractivity contribution >= 4 is 5.97 Å². The van der Waals surface area contributed by atoms with Crippen LogP contribution in [0, 0.1) is 22.7 Å². The summed E-state index contributed by atoms with van der Waals surface area (Å²) in [5.41, 5.74) is 0.469. The smallest absolute Gasteiger partial charge is 0.338 e. The quantitative estimate of drug-likeness (QED) is 0.417. The molecule has 3 nitrogen and oxygen atoms in total. The molecule has 1 aliphatic heterocycles. The van der Waals surface area contributed by atoms with Gasteiger partial charge in [-0.05, 0) is 81.8 Å². The van der Waals surface area contributed by atoms with Gasteiger partial charge in [-0.2, -0.15) is 0 Å². The van der Waals surface area contributed by atoms with Gasteiger partial charge in [0.25, 0.3) is 0 Å². The van der Waals surface area contributed by atoms with Crippen molar-refractivity contribution in [1.29, 1.82) is 0 Å². The highest BCUT2D eigenvalue weighted by atomic mass is 16.5. The first-order chi connectivity index (χ1) is 14.0. The fourth-order valence-corrected chi connectivity index (χ4v) is 7.38. The molecule has 0 spiro atoms. The van der Waals surface area contributed by atoms with E-state index in [2.05, 4.69) is 41.2 Å².